The van der Waals surface area contributed by atoms with Crippen LogP contribution in [0.2, 0.25) is 0 Å². The van der Waals surface area contributed by atoms with Crippen LogP contribution in [-0.2, 0) is 21.7 Å². The molecule has 0 unspecified atom stereocenters. The molecule has 6 aromatic rings. The van der Waals surface area contributed by atoms with Crippen molar-refractivity contribution in [2.75, 3.05) is 9.80 Å². The maximum absolute atomic E-state index is 7.03. The van der Waals surface area contributed by atoms with Gasteiger partial charge in [0.2, 0.25) is 0 Å². The van der Waals surface area contributed by atoms with E-state index in [1.807, 2.05) is 0 Å². The lowest BCUT2D eigenvalue weighted by Crippen LogP contribution is -2.59. The van der Waals surface area contributed by atoms with Crippen LogP contribution in [0, 0.1) is 0 Å². The number of hydrogen-bond donors (Lipinski definition) is 0. The van der Waals surface area contributed by atoms with Gasteiger partial charge < -0.3 is 14.5 Å². The second kappa shape index (κ2) is 11.2. The van der Waals surface area contributed by atoms with Crippen molar-refractivity contribution in [1.29, 1.82) is 0 Å². The molecular formula is C50H49BN2O. The number of anilines is 6. The van der Waals surface area contributed by atoms with Gasteiger partial charge in [-0.05, 0) is 128 Å². The minimum absolute atomic E-state index is 0.0387. The van der Waals surface area contributed by atoms with E-state index >= 15 is 0 Å². The lowest BCUT2D eigenvalue weighted by Gasteiger charge is -2.42. The Kier molecular flexibility index (Phi) is 6.90. The Balaban J connectivity index is 1.30. The predicted octanol–water partition coefficient (Wildman–Crippen LogP) is 11.5. The van der Waals surface area contributed by atoms with Crippen LogP contribution in [0.25, 0.3) is 0 Å². The first-order chi connectivity index (χ1) is 25.7. The van der Waals surface area contributed by atoms with Crippen molar-refractivity contribution < 1.29 is 4.74 Å². The van der Waals surface area contributed by atoms with Crippen LogP contribution in [0.5, 0.6) is 11.5 Å². The molecule has 6 aromatic carbocycles. The minimum atomic E-state index is 0.0387. The first kappa shape index (κ1) is 33.4. The number of nitrogens with zero attached hydrogens (tertiary/aromatic N) is 2. The molecule has 2 heterocycles. The van der Waals surface area contributed by atoms with Crippen molar-refractivity contribution in [3.8, 4) is 11.5 Å². The maximum atomic E-state index is 7.03. The summed E-state index contributed by atoms with van der Waals surface area (Å²) in [4.78, 5) is 4.95. The third-order valence-electron chi connectivity index (χ3n) is 13.0. The third-order valence-corrected chi connectivity index (χ3v) is 13.0. The highest BCUT2D eigenvalue weighted by Gasteiger charge is 2.48. The van der Waals surface area contributed by atoms with Crippen molar-refractivity contribution in [3.63, 3.8) is 0 Å². The largest absolute Gasteiger partial charge is 0.458 e. The molecule has 0 aromatic heterocycles. The lowest BCUT2D eigenvalue weighted by atomic mass is 9.34. The molecule has 0 radical (unpaired) electrons. The van der Waals surface area contributed by atoms with Crippen LogP contribution in [0.1, 0.15) is 90.5 Å². The summed E-state index contributed by atoms with van der Waals surface area (Å²) in [5, 5.41) is 0. The number of fused-ring (bicyclic) bond motifs is 6. The number of ether oxygens (including phenoxy) is 1. The fraction of sp³-hybridized carbons (Fsp3) is 0.280. The zero-order chi connectivity index (χ0) is 37.4. The van der Waals surface area contributed by atoms with Crippen molar-refractivity contribution in [2.24, 2.45) is 0 Å². The van der Waals surface area contributed by atoms with Crippen LogP contribution in [0.4, 0.5) is 34.1 Å². The molecule has 0 atom stereocenters. The van der Waals surface area contributed by atoms with Gasteiger partial charge >= 0.3 is 0 Å². The molecule has 54 heavy (non-hydrogen) atoms. The van der Waals surface area contributed by atoms with Crippen LogP contribution in [-0.4, -0.2) is 6.71 Å². The summed E-state index contributed by atoms with van der Waals surface area (Å²) < 4.78 is 7.03. The minimum Gasteiger partial charge on any atom is -0.458 e. The fourth-order valence-corrected chi connectivity index (χ4v) is 11.3. The Morgan fingerprint density at radius 1 is 0.481 bits per heavy atom. The van der Waals surface area contributed by atoms with Crippen LogP contribution >= 0.6 is 0 Å². The van der Waals surface area contributed by atoms with E-state index in [9.17, 15) is 0 Å². The highest BCUT2D eigenvalue weighted by atomic mass is 16.5. The predicted molar refractivity (Wildman–Crippen MR) is 228 cm³/mol. The summed E-state index contributed by atoms with van der Waals surface area (Å²) in [6, 6.07) is 47.3. The maximum Gasteiger partial charge on any atom is 0.256 e. The van der Waals surface area contributed by atoms with Crippen LogP contribution < -0.4 is 30.9 Å². The summed E-state index contributed by atoms with van der Waals surface area (Å²) in [6.45, 7) is 19.4. The van der Waals surface area contributed by atoms with Crippen molar-refractivity contribution >= 4 is 57.2 Å². The molecule has 0 saturated heterocycles. The highest BCUT2D eigenvalue weighted by molar-refractivity contribution is 6.99. The molecule has 0 N–H and O–H groups in total. The molecule has 2 aliphatic heterocycles. The van der Waals surface area contributed by atoms with E-state index in [-0.39, 0.29) is 28.4 Å². The van der Waals surface area contributed by atoms with Crippen molar-refractivity contribution in [2.45, 2.75) is 89.9 Å². The fourth-order valence-electron chi connectivity index (χ4n) is 11.3. The Hall–Kier alpha value is -5.22. The zero-order valence-electron chi connectivity index (χ0n) is 32.9. The standard InChI is InChI=1S/C50H49BN2O/c1-47(2)30-48(3,4)37-25-34(23-24-36(37)47)53-42-29-39-38(49(5,6)31-50(39,7)8)28-41(42)51-40-21-15-16-22-44(40)54-45-27-35(26-43(53)46(45)51)52(32-17-11-9-12-18-32)33-19-13-10-14-20-33/h9-29H,30-31H2,1-8H3. The molecule has 268 valence electrons. The molecule has 3 nitrogen and oxygen atoms in total. The van der Waals surface area contributed by atoms with Gasteiger partial charge in [0, 0.05) is 34.5 Å². The monoisotopic (exact) mass is 704 g/mol. The second-order valence-corrected chi connectivity index (χ2v) is 18.9. The zero-order valence-corrected chi connectivity index (χ0v) is 32.9. The SMILES string of the molecule is CC1(C)CC(C)(C)c2cc(N3c4cc5c(cc4B4c6ccccc6Oc6cc(N(c7ccccc7)c7ccccc7)cc3c64)C(C)(C)CC5(C)C)ccc21. The first-order valence-electron chi connectivity index (χ1n) is 19.7. The molecular weight excluding hydrogens is 655 g/mol. The molecule has 0 saturated carbocycles. The third kappa shape index (κ3) is 4.81. The number of hydrogen-bond acceptors (Lipinski definition) is 3. The number of benzene rings is 6. The van der Waals surface area contributed by atoms with Gasteiger partial charge in [-0.25, -0.2) is 0 Å². The molecule has 0 bridgehead atoms. The second-order valence-electron chi connectivity index (χ2n) is 18.9. The van der Waals surface area contributed by atoms with Crippen molar-refractivity contribution in [3.05, 3.63) is 150 Å². The molecule has 4 aliphatic rings. The quantitative estimate of drug-likeness (QED) is 0.170. The van der Waals surface area contributed by atoms with E-state index < -0.39 is 0 Å². The van der Waals surface area contributed by atoms with Crippen molar-refractivity contribution in [1.82, 2.24) is 0 Å². The van der Waals surface area contributed by atoms with Gasteiger partial charge in [-0.2, -0.15) is 0 Å². The van der Waals surface area contributed by atoms with Gasteiger partial charge in [0.15, 0.2) is 0 Å². The summed E-state index contributed by atoms with van der Waals surface area (Å²) in [7, 11) is 0. The summed E-state index contributed by atoms with van der Waals surface area (Å²) in [5.74, 6) is 1.85. The van der Waals surface area contributed by atoms with E-state index in [0.717, 1.165) is 41.4 Å². The first-order valence-corrected chi connectivity index (χ1v) is 19.7. The van der Waals surface area contributed by atoms with E-state index in [0.29, 0.717) is 0 Å². The molecule has 0 fully saturated rings. The van der Waals surface area contributed by atoms with Gasteiger partial charge in [0.1, 0.15) is 11.5 Å². The average Bonchev–Trinajstić information content (AvgIpc) is 3.45. The highest BCUT2D eigenvalue weighted by Crippen LogP contribution is 2.55. The van der Waals surface area contributed by atoms with E-state index in [1.54, 1.807) is 0 Å². The molecule has 10 rings (SSSR count). The van der Waals surface area contributed by atoms with Gasteiger partial charge in [-0.3, -0.25) is 0 Å². The van der Waals surface area contributed by atoms with E-state index in [1.165, 1.54) is 55.7 Å². The van der Waals surface area contributed by atoms with Gasteiger partial charge in [0.05, 0.1) is 5.69 Å². The number of rotatable bonds is 4. The molecule has 0 spiro atoms. The smallest absolute Gasteiger partial charge is 0.256 e. The van der Waals surface area contributed by atoms with Crippen LogP contribution in [0.3, 0.4) is 0 Å². The topological polar surface area (TPSA) is 15.7 Å². The molecule has 0 amide bonds. The van der Waals surface area contributed by atoms with Gasteiger partial charge in [-0.15, -0.1) is 0 Å². The van der Waals surface area contributed by atoms with Crippen LogP contribution in [0.15, 0.2) is 127 Å². The Labute approximate surface area is 321 Å². The molecule has 2 aliphatic carbocycles. The average molecular weight is 705 g/mol. The Morgan fingerprint density at radius 3 is 1.69 bits per heavy atom. The molecule has 4 heteroatoms. The Morgan fingerprint density at radius 2 is 1.04 bits per heavy atom. The Bertz CT molecular complexity index is 2460. The van der Waals surface area contributed by atoms with E-state index in [4.69, 9.17) is 4.74 Å². The van der Waals surface area contributed by atoms with Gasteiger partial charge in [-0.1, -0.05) is 122 Å². The summed E-state index contributed by atoms with van der Waals surface area (Å²) in [5.41, 5.74) is 17.0. The normalized spacial score (nSPS) is 18.5. The van der Waals surface area contributed by atoms with Gasteiger partial charge in [0.25, 0.3) is 6.71 Å². The number of para-hydroxylation sites is 3. The summed E-state index contributed by atoms with van der Waals surface area (Å²) in [6.07, 6.45) is 2.25. The van der Waals surface area contributed by atoms with E-state index in [2.05, 4.69) is 193 Å². The summed E-state index contributed by atoms with van der Waals surface area (Å²) >= 11 is 0. The lowest BCUT2D eigenvalue weighted by molar-refractivity contribution is 0.403.